The lowest BCUT2D eigenvalue weighted by Gasteiger charge is -2.04. The zero-order chi connectivity index (χ0) is 10.4. The van der Waals surface area contributed by atoms with Gasteiger partial charge in [-0.15, -0.1) is 0 Å². The number of hydrogen-bond acceptors (Lipinski definition) is 3. The van der Waals surface area contributed by atoms with Crippen molar-refractivity contribution in [1.29, 1.82) is 0 Å². The molecule has 1 heterocycles. The summed E-state index contributed by atoms with van der Waals surface area (Å²) in [6, 6.07) is 3.68. The van der Waals surface area contributed by atoms with Crippen LogP contribution < -0.4 is 0 Å². The molecule has 14 heavy (non-hydrogen) atoms. The summed E-state index contributed by atoms with van der Waals surface area (Å²) in [6.07, 6.45) is 3.59. The maximum atomic E-state index is 11.1. The number of carbonyl (C=O) groups excluding carboxylic acids is 1. The van der Waals surface area contributed by atoms with Crippen molar-refractivity contribution >= 4 is 11.5 Å². The quantitative estimate of drug-likeness (QED) is 0.684. The van der Waals surface area contributed by atoms with Crippen LogP contribution in [0.3, 0.4) is 0 Å². The Kier molecular flexibility index (Phi) is 3.85. The van der Waals surface area contributed by atoms with E-state index in [0.717, 1.165) is 11.1 Å². The average Bonchev–Trinajstić information content (AvgIpc) is 2.19. The van der Waals surface area contributed by atoms with Crippen LogP contribution in [0.15, 0.2) is 31.1 Å². The molecule has 0 saturated heterocycles. The second kappa shape index (κ2) is 5.17. The fraction of sp³-hybridized carbons (Fsp3) is 0.273. The van der Waals surface area contributed by atoms with Crippen LogP contribution in [0.2, 0.25) is 0 Å². The van der Waals surface area contributed by atoms with Crippen LogP contribution in [0.5, 0.6) is 0 Å². The van der Waals surface area contributed by atoms with E-state index in [1.54, 1.807) is 19.3 Å². The third kappa shape index (κ3) is 3.01. The first-order valence-corrected chi connectivity index (χ1v) is 4.48. The van der Waals surface area contributed by atoms with E-state index in [-0.39, 0.29) is 12.4 Å². The monoisotopic (exact) mass is 191 g/mol. The van der Waals surface area contributed by atoms with Crippen molar-refractivity contribution in [1.82, 2.24) is 4.98 Å². The van der Waals surface area contributed by atoms with Crippen LogP contribution in [-0.2, 0) is 9.53 Å². The average molecular weight is 191 g/mol. The molecule has 0 atom stereocenters. The molecule has 0 fully saturated rings. The SMILES string of the molecule is C=C(CC(=O)OCC)c1cccnc1. The maximum absolute atomic E-state index is 11.1. The molecule has 0 bridgehead atoms. The fourth-order valence-corrected chi connectivity index (χ4v) is 1.06. The molecule has 1 aromatic heterocycles. The van der Waals surface area contributed by atoms with Gasteiger partial charge in [-0.05, 0) is 24.1 Å². The van der Waals surface area contributed by atoms with Gasteiger partial charge in [0.15, 0.2) is 0 Å². The van der Waals surface area contributed by atoms with E-state index in [0.29, 0.717) is 6.61 Å². The minimum absolute atomic E-state index is 0.222. The second-order valence-corrected chi connectivity index (χ2v) is 2.83. The highest BCUT2D eigenvalue weighted by Crippen LogP contribution is 2.14. The Morgan fingerprint density at radius 2 is 2.43 bits per heavy atom. The summed E-state index contributed by atoms with van der Waals surface area (Å²) in [5.74, 6) is -0.249. The van der Waals surface area contributed by atoms with Crippen LogP contribution in [0.1, 0.15) is 18.9 Å². The number of pyridine rings is 1. The van der Waals surface area contributed by atoms with Gasteiger partial charge >= 0.3 is 5.97 Å². The van der Waals surface area contributed by atoms with Crippen LogP contribution in [-0.4, -0.2) is 17.6 Å². The van der Waals surface area contributed by atoms with Gasteiger partial charge in [0.1, 0.15) is 0 Å². The van der Waals surface area contributed by atoms with Gasteiger partial charge in [-0.3, -0.25) is 9.78 Å². The highest BCUT2D eigenvalue weighted by Gasteiger charge is 2.06. The van der Waals surface area contributed by atoms with Crippen molar-refractivity contribution in [2.45, 2.75) is 13.3 Å². The van der Waals surface area contributed by atoms with Gasteiger partial charge in [0.25, 0.3) is 0 Å². The summed E-state index contributed by atoms with van der Waals surface area (Å²) in [4.78, 5) is 15.1. The molecule has 0 spiro atoms. The molecule has 0 unspecified atom stereocenters. The summed E-state index contributed by atoms with van der Waals surface area (Å²) < 4.78 is 4.81. The minimum Gasteiger partial charge on any atom is -0.466 e. The zero-order valence-electron chi connectivity index (χ0n) is 8.19. The smallest absolute Gasteiger partial charge is 0.310 e. The largest absolute Gasteiger partial charge is 0.466 e. The highest BCUT2D eigenvalue weighted by atomic mass is 16.5. The molecule has 0 saturated carbocycles. The van der Waals surface area contributed by atoms with Crippen molar-refractivity contribution < 1.29 is 9.53 Å². The molecule has 1 rings (SSSR count). The Morgan fingerprint density at radius 3 is 3.00 bits per heavy atom. The van der Waals surface area contributed by atoms with Crippen LogP contribution in [0.25, 0.3) is 5.57 Å². The van der Waals surface area contributed by atoms with E-state index in [1.165, 1.54) is 0 Å². The van der Waals surface area contributed by atoms with Gasteiger partial charge in [-0.2, -0.15) is 0 Å². The molecule has 0 radical (unpaired) electrons. The molecule has 74 valence electrons. The van der Waals surface area contributed by atoms with Gasteiger partial charge < -0.3 is 4.74 Å². The van der Waals surface area contributed by atoms with Crippen LogP contribution >= 0.6 is 0 Å². The molecule has 3 heteroatoms. The summed E-state index contributed by atoms with van der Waals surface area (Å²) >= 11 is 0. The number of esters is 1. The molecule has 0 amide bonds. The number of ether oxygens (including phenoxy) is 1. The van der Waals surface area contributed by atoms with Crippen molar-refractivity contribution in [2.75, 3.05) is 6.61 Å². The Labute approximate surface area is 83.4 Å². The number of carbonyl (C=O) groups is 1. The maximum Gasteiger partial charge on any atom is 0.310 e. The molecule has 1 aromatic rings. The number of hydrogen-bond donors (Lipinski definition) is 0. The van der Waals surface area contributed by atoms with Crippen LogP contribution in [0.4, 0.5) is 0 Å². The van der Waals surface area contributed by atoms with E-state index in [4.69, 9.17) is 4.74 Å². The van der Waals surface area contributed by atoms with E-state index in [2.05, 4.69) is 11.6 Å². The first-order chi connectivity index (χ1) is 6.74. The van der Waals surface area contributed by atoms with Crippen LogP contribution in [0, 0.1) is 0 Å². The summed E-state index contributed by atoms with van der Waals surface area (Å²) in [5.41, 5.74) is 1.61. The van der Waals surface area contributed by atoms with E-state index >= 15 is 0 Å². The van der Waals surface area contributed by atoms with E-state index in [9.17, 15) is 4.79 Å². The number of rotatable bonds is 4. The first kappa shape index (κ1) is 10.4. The summed E-state index contributed by atoms with van der Waals surface area (Å²) in [7, 11) is 0. The van der Waals surface area contributed by atoms with Gasteiger partial charge in [-0.1, -0.05) is 12.6 Å². The summed E-state index contributed by atoms with van der Waals surface area (Å²) in [5, 5.41) is 0. The Hall–Kier alpha value is -1.64. The third-order valence-corrected chi connectivity index (χ3v) is 1.73. The Balaban J connectivity index is 2.55. The third-order valence-electron chi connectivity index (χ3n) is 1.73. The molecule has 0 aliphatic heterocycles. The molecule has 0 aliphatic rings. The molecule has 3 nitrogen and oxygen atoms in total. The number of aromatic nitrogens is 1. The fourth-order valence-electron chi connectivity index (χ4n) is 1.06. The predicted octanol–water partition coefficient (Wildman–Crippen LogP) is 2.05. The van der Waals surface area contributed by atoms with Crippen molar-refractivity contribution in [3.63, 3.8) is 0 Å². The van der Waals surface area contributed by atoms with Crippen molar-refractivity contribution in [3.8, 4) is 0 Å². The van der Waals surface area contributed by atoms with Gasteiger partial charge in [-0.25, -0.2) is 0 Å². The zero-order valence-corrected chi connectivity index (χ0v) is 8.19. The molecule has 0 aromatic carbocycles. The lowest BCUT2D eigenvalue weighted by molar-refractivity contribution is -0.141. The van der Waals surface area contributed by atoms with Gasteiger partial charge in [0.2, 0.25) is 0 Å². The van der Waals surface area contributed by atoms with Gasteiger partial charge in [0.05, 0.1) is 13.0 Å². The second-order valence-electron chi connectivity index (χ2n) is 2.83. The number of nitrogens with zero attached hydrogens (tertiary/aromatic N) is 1. The lowest BCUT2D eigenvalue weighted by Crippen LogP contribution is -2.04. The normalized spacial score (nSPS) is 9.50. The molecule has 0 N–H and O–H groups in total. The molecule has 0 aliphatic carbocycles. The Bertz CT molecular complexity index is 319. The van der Waals surface area contributed by atoms with Crippen molar-refractivity contribution in [3.05, 3.63) is 36.7 Å². The molecular formula is C11H13NO2. The summed E-state index contributed by atoms with van der Waals surface area (Å²) in [6.45, 7) is 5.99. The van der Waals surface area contributed by atoms with E-state index in [1.807, 2.05) is 12.1 Å². The van der Waals surface area contributed by atoms with Crippen molar-refractivity contribution in [2.24, 2.45) is 0 Å². The Morgan fingerprint density at radius 1 is 1.64 bits per heavy atom. The van der Waals surface area contributed by atoms with Gasteiger partial charge in [0, 0.05) is 12.4 Å². The highest BCUT2D eigenvalue weighted by molar-refractivity contribution is 5.84. The molecular weight excluding hydrogens is 178 g/mol. The van der Waals surface area contributed by atoms with E-state index < -0.39 is 0 Å². The predicted molar refractivity (Wildman–Crippen MR) is 54.5 cm³/mol. The minimum atomic E-state index is -0.249. The topological polar surface area (TPSA) is 39.2 Å². The standard InChI is InChI=1S/C11H13NO2/c1-3-14-11(13)7-9(2)10-5-4-6-12-8-10/h4-6,8H,2-3,7H2,1H3. The first-order valence-electron chi connectivity index (χ1n) is 4.48. The lowest BCUT2D eigenvalue weighted by atomic mass is 10.1.